The predicted molar refractivity (Wildman–Crippen MR) is 125 cm³/mol. The van der Waals surface area contributed by atoms with Gasteiger partial charge in [-0.25, -0.2) is 4.98 Å². The van der Waals surface area contributed by atoms with E-state index in [1.807, 2.05) is 6.20 Å². The molecule has 30 heavy (non-hydrogen) atoms. The molecule has 5 nitrogen and oxygen atoms in total. The maximum atomic E-state index is 5.45. The van der Waals surface area contributed by atoms with E-state index in [2.05, 4.69) is 40.1 Å². The summed E-state index contributed by atoms with van der Waals surface area (Å²) >= 11 is 1.70. The van der Waals surface area contributed by atoms with Gasteiger partial charge in [0.15, 0.2) is 5.13 Å². The summed E-state index contributed by atoms with van der Waals surface area (Å²) in [5.41, 5.74) is 3.46. The molecule has 2 aromatic rings. The highest BCUT2D eigenvalue weighted by Gasteiger charge is 2.21. The molecule has 3 heterocycles. The van der Waals surface area contributed by atoms with Crippen molar-refractivity contribution in [1.29, 1.82) is 0 Å². The molecule has 0 bridgehead atoms. The van der Waals surface area contributed by atoms with Gasteiger partial charge in [0, 0.05) is 48.6 Å². The average Bonchev–Trinajstić information content (AvgIpc) is 3.27. The van der Waals surface area contributed by atoms with Crippen LogP contribution in [0.4, 0.5) is 5.13 Å². The Hall–Kier alpha value is -1.50. The molecule has 164 valence electrons. The van der Waals surface area contributed by atoms with Crippen LogP contribution in [0.1, 0.15) is 57.6 Å². The molecule has 0 spiro atoms. The lowest BCUT2D eigenvalue weighted by molar-refractivity contribution is 0.0699. The van der Waals surface area contributed by atoms with Gasteiger partial charge in [-0.1, -0.05) is 6.92 Å². The van der Waals surface area contributed by atoms with E-state index in [1.54, 1.807) is 11.3 Å². The molecule has 0 unspecified atom stereocenters. The van der Waals surface area contributed by atoms with Gasteiger partial charge < -0.3 is 15.4 Å². The van der Waals surface area contributed by atoms with Gasteiger partial charge in [0.05, 0.1) is 5.69 Å². The van der Waals surface area contributed by atoms with E-state index >= 15 is 0 Å². The number of rotatable bonds is 9. The van der Waals surface area contributed by atoms with Crippen LogP contribution in [0, 0.1) is 11.8 Å². The standard InChI is InChI=1S/C24H36N4OS/c1-2-10-25-21-5-3-18(4-6-21)14-22-15-20(7-11-26-22)23-17-30-24(28-23)27-16-19-8-12-29-13-9-19/h7,11,15,17-19,21,25H,2-6,8-10,12-14,16H2,1H3,(H,27,28). The second-order valence-corrected chi connectivity index (χ2v) is 9.74. The summed E-state index contributed by atoms with van der Waals surface area (Å²) in [6, 6.07) is 5.06. The maximum Gasteiger partial charge on any atom is 0.183 e. The second kappa shape index (κ2) is 11.2. The Morgan fingerprint density at radius 1 is 1.10 bits per heavy atom. The molecular formula is C24H36N4OS. The number of aromatic nitrogens is 2. The minimum atomic E-state index is 0.700. The summed E-state index contributed by atoms with van der Waals surface area (Å²) in [7, 11) is 0. The van der Waals surface area contributed by atoms with E-state index in [4.69, 9.17) is 9.72 Å². The zero-order valence-corrected chi connectivity index (χ0v) is 19.1. The molecule has 4 rings (SSSR count). The van der Waals surface area contributed by atoms with Crippen molar-refractivity contribution in [1.82, 2.24) is 15.3 Å². The number of nitrogens with one attached hydrogen (secondary N) is 2. The molecule has 2 fully saturated rings. The highest BCUT2D eigenvalue weighted by molar-refractivity contribution is 7.14. The minimum Gasteiger partial charge on any atom is -0.381 e. The van der Waals surface area contributed by atoms with Crippen LogP contribution in [-0.2, 0) is 11.2 Å². The SMILES string of the molecule is CCCNC1CCC(Cc2cc(-c3csc(NCC4CCOCC4)n3)ccn2)CC1. The molecule has 0 aromatic carbocycles. The second-order valence-electron chi connectivity index (χ2n) is 8.89. The molecule has 0 radical (unpaired) electrons. The smallest absolute Gasteiger partial charge is 0.183 e. The monoisotopic (exact) mass is 428 g/mol. The molecule has 0 atom stereocenters. The largest absolute Gasteiger partial charge is 0.381 e. The molecule has 1 saturated carbocycles. The molecular weight excluding hydrogens is 392 g/mol. The van der Waals surface area contributed by atoms with E-state index in [0.29, 0.717) is 5.92 Å². The normalized spacial score (nSPS) is 22.8. The van der Waals surface area contributed by atoms with Crippen molar-refractivity contribution >= 4 is 16.5 Å². The fourth-order valence-corrected chi connectivity index (χ4v) is 5.36. The molecule has 2 aromatic heterocycles. The summed E-state index contributed by atoms with van der Waals surface area (Å²) in [6.45, 7) is 6.18. The van der Waals surface area contributed by atoms with Crippen LogP contribution < -0.4 is 10.6 Å². The molecule has 0 amide bonds. The molecule has 2 aliphatic rings. The zero-order valence-electron chi connectivity index (χ0n) is 18.2. The first-order chi connectivity index (χ1) is 14.8. The maximum absolute atomic E-state index is 5.45. The Morgan fingerprint density at radius 2 is 1.93 bits per heavy atom. The van der Waals surface area contributed by atoms with Gasteiger partial charge >= 0.3 is 0 Å². The van der Waals surface area contributed by atoms with Gasteiger partial charge in [-0.2, -0.15) is 0 Å². The number of pyridine rings is 1. The van der Waals surface area contributed by atoms with Gasteiger partial charge in [0.1, 0.15) is 0 Å². The van der Waals surface area contributed by atoms with Crippen molar-refractivity contribution in [3.8, 4) is 11.3 Å². The highest BCUT2D eigenvalue weighted by Crippen LogP contribution is 2.29. The highest BCUT2D eigenvalue weighted by atomic mass is 32.1. The van der Waals surface area contributed by atoms with Crippen LogP contribution in [0.3, 0.4) is 0 Å². The van der Waals surface area contributed by atoms with Crippen molar-refractivity contribution in [2.24, 2.45) is 11.8 Å². The third-order valence-electron chi connectivity index (χ3n) is 6.53. The fraction of sp³-hybridized carbons (Fsp3) is 0.667. The van der Waals surface area contributed by atoms with Gasteiger partial charge in [-0.15, -0.1) is 11.3 Å². The minimum absolute atomic E-state index is 0.700. The van der Waals surface area contributed by atoms with Crippen LogP contribution in [0.2, 0.25) is 0 Å². The molecule has 1 saturated heterocycles. The fourth-order valence-electron chi connectivity index (χ4n) is 4.63. The first-order valence-electron chi connectivity index (χ1n) is 11.8. The van der Waals surface area contributed by atoms with Crippen LogP contribution in [0.15, 0.2) is 23.7 Å². The van der Waals surface area contributed by atoms with Crippen molar-refractivity contribution in [3.63, 3.8) is 0 Å². The molecule has 1 aliphatic heterocycles. The van der Waals surface area contributed by atoms with Crippen molar-refractivity contribution in [2.75, 3.05) is 31.6 Å². The average molecular weight is 429 g/mol. The zero-order chi connectivity index (χ0) is 20.6. The van der Waals surface area contributed by atoms with Crippen LogP contribution in [0.5, 0.6) is 0 Å². The van der Waals surface area contributed by atoms with Gasteiger partial charge in [-0.3, -0.25) is 4.98 Å². The lowest BCUT2D eigenvalue weighted by Crippen LogP contribution is -2.34. The summed E-state index contributed by atoms with van der Waals surface area (Å²) in [4.78, 5) is 9.50. The van der Waals surface area contributed by atoms with Gasteiger partial charge in [-0.05, 0) is 81.9 Å². The van der Waals surface area contributed by atoms with E-state index in [0.717, 1.165) is 68.4 Å². The number of nitrogens with zero attached hydrogens (tertiary/aromatic N) is 2. The summed E-state index contributed by atoms with van der Waals surface area (Å²) in [6.07, 6.45) is 11.8. The summed E-state index contributed by atoms with van der Waals surface area (Å²) in [5.74, 6) is 1.46. The Balaban J connectivity index is 1.29. The van der Waals surface area contributed by atoms with E-state index in [-0.39, 0.29) is 0 Å². The number of hydrogen-bond donors (Lipinski definition) is 2. The van der Waals surface area contributed by atoms with Gasteiger partial charge in [0.25, 0.3) is 0 Å². The van der Waals surface area contributed by atoms with E-state index < -0.39 is 0 Å². The summed E-state index contributed by atoms with van der Waals surface area (Å²) in [5, 5.41) is 10.4. The number of hydrogen-bond acceptors (Lipinski definition) is 6. The lowest BCUT2D eigenvalue weighted by Gasteiger charge is -2.29. The molecule has 1 aliphatic carbocycles. The Labute approximate surface area is 185 Å². The Morgan fingerprint density at radius 3 is 2.73 bits per heavy atom. The van der Waals surface area contributed by atoms with Crippen LogP contribution in [-0.4, -0.2) is 42.3 Å². The summed E-state index contributed by atoms with van der Waals surface area (Å²) < 4.78 is 5.45. The number of ether oxygens (including phenoxy) is 1. The molecule has 2 N–H and O–H groups in total. The third kappa shape index (κ3) is 6.25. The van der Waals surface area contributed by atoms with Gasteiger partial charge in [0.2, 0.25) is 0 Å². The van der Waals surface area contributed by atoms with Crippen molar-refractivity contribution < 1.29 is 4.74 Å². The van der Waals surface area contributed by atoms with E-state index in [1.165, 1.54) is 43.4 Å². The van der Waals surface area contributed by atoms with Crippen LogP contribution in [0.25, 0.3) is 11.3 Å². The quantitative estimate of drug-likeness (QED) is 0.579. The first kappa shape index (κ1) is 21.7. The van der Waals surface area contributed by atoms with Crippen LogP contribution >= 0.6 is 11.3 Å². The first-order valence-corrected chi connectivity index (χ1v) is 12.6. The van der Waals surface area contributed by atoms with Crippen molar-refractivity contribution in [3.05, 3.63) is 29.4 Å². The molecule has 6 heteroatoms. The number of thiazole rings is 1. The predicted octanol–water partition coefficient (Wildman–Crippen LogP) is 5.14. The Bertz CT molecular complexity index is 766. The lowest BCUT2D eigenvalue weighted by atomic mass is 9.83. The Kier molecular flexibility index (Phi) is 8.12. The van der Waals surface area contributed by atoms with Crippen molar-refractivity contribution in [2.45, 2.75) is 64.3 Å². The third-order valence-corrected chi connectivity index (χ3v) is 7.33. The number of anilines is 1. The topological polar surface area (TPSA) is 59.1 Å². The van der Waals surface area contributed by atoms with E-state index in [9.17, 15) is 0 Å².